The van der Waals surface area contributed by atoms with Crippen LogP contribution in [0.2, 0.25) is 0 Å². The lowest BCUT2D eigenvalue weighted by Crippen LogP contribution is -2.55. The molecule has 0 aromatic heterocycles. The Hall–Kier alpha value is -2.32. The van der Waals surface area contributed by atoms with Gasteiger partial charge in [-0.05, 0) is 108 Å². The maximum atomic E-state index is 5.81. The van der Waals surface area contributed by atoms with Gasteiger partial charge in [0.05, 0.1) is 12.4 Å². The molecule has 3 aliphatic carbocycles. The van der Waals surface area contributed by atoms with Gasteiger partial charge in [-0.1, -0.05) is 90.6 Å². The molecular weight excluding hydrogens is 500 g/mol. The second-order valence-corrected chi connectivity index (χ2v) is 14.7. The molecule has 5 atom stereocenters. The summed E-state index contributed by atoms with van der Waals surface area (Å²) in [5.74, 6) is 2.19. The van der Waals surface area contributed by atoms with E-state index in [1.54, 1.807) is 7.11 Å². The highest BCUT2D eigenvalue weighted by Gasteiger charge is 2.61. The molecule has 1 saturated carbocycles. The summed E-state index contributed by atoms with van der Waals surface area (Å²) in [6, 6.07) is 2.48. The number of aryl methyl sites for hydroxylation is 1. The third kappa shape index (κ3) is 4.93. The van der Waals surface area contributed by atoms with E-state index >= 15 is 0 Å². The van der Waals surface area contributed by atoms with E-state index in [1.807, 2.05) is 0 Å². The molecule has 0 amide bonds. The highest BCUT2D eigenvalue weighted by molar-refractivity contribution is 5.87. The van der Waals surface area contributed by atoms with Crippen molar-refractivity contribution in [2.45, 2.75) is 100 Å². The fraction of sp³-hybridized carbons (Fsp3) is 0.590. The maximum Gasteiger partial charge on any atom is 0.111 e. The van der Waals surface area contributed by atoms with Crippen LogP contribution >= 0.6 is 0 Å². The quantitative estimate of drug-likeness (QED) is 0.171. The Morgan fingerprint density at radius 3 is 2.34 bits per heavy atom. The summed E-state index contributed by atoms with van der Waals surface area (Å²) in [6.07, 6.45) is 5.16. The van der Waals surface area contributed by atoms with Gasteiger partial charge >= 0.3 is 0 Å². The number of benzene rings is 1. The van der Waals surface area contributed by atoms with E-state index in [-0.39, 0.29) is 16.2 Å². The smallest absolute Gasteiger partial charge is 0.111 e. The van der Waals surface area contributed by atoms with Crippen molar-refractivity contribution in [1.29, 1.82) is 0 Å². The van der Waals surface area contributed by atoms with E-state index in [2.05, 4.69) is 81.5 Å². The second-order valence-electron chi connectivity index (χ2n) is 14.7. The van der Waals surface area contributed by atoms with E-state index in [0.29, 0.717) is 31.0 Å². The molecule has 0 spiro atoms. The van der Waals surface area contributed by atoms with E-state index in [4.69, 9.17) is 22.6 Å². The number of hydrogen-bond donors (Lipinski definition) is 0. The Kier molecular flexibility index (Phi) is 8.53. The SMILES string of the molecule is C=C(CCc1cc(C(C)C)c2c(c1C)C(=C)C1=C(C)[C@@]3(C)C(=C)C(C(=C)C)C(C)C[C@@]3(C)C[C@@]1(C)C2)OCCOC. The molecule has 0 aliphatic heterocycles. The zero-order valence-electron chi connectivity index (χ0n) is 27.9. The molecule has 0 radical (unpaired) electrons. The average Bonchev–Trinajstić information content (AvgIpc) is 2.85. The first-order chi connectivity index (χ1) is 19.0. The van der Waals surface area contributed by atoms with Crippen LogP contribution in [0.15, 0.2) is 60.4 Å². The third-order valence-corrected chi connectivity index (χ3v) is 11.5. The van der Waals surface area contributed by atoms with Gasteiger partial charge in [0, 0.05) is 24.9 Å². The van der Waals surface area contributed by atoms with Crippen molar-refractivity contribution in [1.82, 2.24) is 0 Å². The van der Waals surface area contributed by atoms with Gasteiger partial charge < -0.3 is 9.47 Å². The van der Waals surface area contributed by atoms with Gasteiger partial charge in [0.15, 0.2) is 0 Å². The Morgan fingerprint density at radius 2 is 1.76 bits per heavy atom. The minimum Gasteiger partial charge on any atom is -0.496 e. The molecule has 1 fully saturated rings. The van der Waals surface area contributed by atoms with Crippen LogP contribution in [-0.2, 0) is 22.3 Å². The zero-order chi connectivity index (χ0) is 30.7. The predicted octanol–water partition coefficient (Wildman–Crippen LogP) is 10.3. The van der Waals surface area contributed by atoms with E-state index in [1.165, 1.54) is 62.1 Å². The summed E-state index contributed by atoms with van der Waals surface area (Å²) >= 11 is 0. The summed E-state index contributed by atoms with van der Waals surface area (Å²) in [5, 5.41) is 0. The highest BCUT2D eigenvalue weighted by Crippen LogP contribution is 2.71. The topological polar surface area (TPSA) is 18.5 Å². The number of hydrogen-bond acceptors (Lipinski definition) is 2. The fourth-order valence-electron chi connectivity index (χ4n) is 9.61. The number of allylic oxidation sites excluding steroid dienone is 6. The molecule has 2 heteroatoms. The van der Waals surface area contributed by atoms with Crippen LogP contribution in [0.25, 0.3) is 5.57 Å². The average molecular weight is 557 g/mol. The number of methoxy groups -OCH3 is 1. The van der Waals surface area contributed by atoms with Gasteiger partial charge in [0.2, 0.25) is 0 Å². The number of fused-ring (bicyclic) bond motifs is 3. The van der Waals surface area contributed by atoms with Crippen molar-refractivity contribution in [2.24, 2.45) is 28.1 Å². The lowest BCUT2D eigenvalue weighted by Gasteiger charge is -2.64. The van der Waals surface area contributed by atoms with Gasteiger partial charge in [-0.25, -0.2) is 0 Å². The van der Waals surface area contributed by atoms with Gasteiger partial charge in [0.25, 0.3) is 0 Å². The standard InChI is InChI=1S/C39H56O2/c1-23(2)32-19-31(16-15-26(6)41-18-17-40-14)27(7)35-28(8)36-30(10)39(13)29(9)34(24(3)4)25(5)20-38(39,12)22-37(36,11)21-33(32)35/h19,23,25,34H,3,6,8-9,15-18,20-22H2,1-2,4-5,7,10-14H3/t25?,34?,37-,38+,39-/m1/s1. The minimum absolute atomic E-state index is 0.0551. The second kappa shape index (κ2) is 11.1. The summed E-state index contributed by atoms with van der Waals surface area (Å²) in [4.78, 5) is 0. The maximum absolute atomic E-state index is 5.81. The van der Waals surface area contributed by atoms with Gasteiger partial charge in [-0.15, -0.1) is 0 Å². The molecule has 1 aromatic carbocycles. The molecule has 4 rings (SSSR count). The number of rotatable bonds is 9. The zero-order valence-corrected chi connectivity index (χ0v) is 27.9. The van der Waals surface area contributed by atoms with Gasteiger partial charge in [-0.2, -0.15) is 0 Å². The van der Waals surface area contributed by atoms with Crippen molar-refractivity contribution < 1.29 is 9.47 Å². The predicted molar refractivity (Wildman–Crippen MR) is 176 cm³/mol. The Balaban J connectivity index is 1.85. The lowest BCUT2D eigenvalue weighted by molar-refractivity contribution is -0.00215. The summed E-state index contributed by atoms with van der Waals surface area (Å²) in [5.41, 5.74) is 14.1. The molecule has 0 bridgehead atoms. The summed E-state index contributed by atoms with van der Waals surface area (Å²) in [7, 11) is 1.70. The van der Waals surface area contributed by atoms with Crippen molar-refractivity contribution in [2.75, 3.05) is 20.3 Å². The highest BCUT2D eigenvalue weighted by atomic mass is 16.5. The van der Waals surface area contributed by atoms with Gasteiger partial charge in [0.1, 0.15) is 6.61 Å². The van der Waals surface area contributed by atoms with Crippen LogP contribution in [0, 0.1) is 35.0 Å². The molecule has 3 aliphatic rings. The van der Waals surface area contributed by atoms with Crippen LogP contribution in [0.1, 0.15) is 108 Å². The third-order valence-electron chi connectivity index (χ3n) is 11.5. The molecule has 2 nitrogen and oxygen atoms in total. The van der Waals surface area contributed by atoms with E-state index in [9.17, 15) is 0 Å². The minimum atomic E-state index is -0.0813. The summed E-state index contributed by atoms with van der Waals surface area (Å²) in [6.45, 7) is 41.0. The van der Waals surface area contributed by atoms with Gasteiger partial charge in [-0.3, -0.25) is 0 Å². The summed E-state index contributed by atoms with van der Waals surface area (Å²) < 4.78 is 10.9. The van der Waals surface area contributed by atoms with E-state index < -0.39 is 0 Å². The van der Waals surface area contributed by atoms with Crippen LogP contribution in [0.4, 0.5) is 0 Å². The first-order valence-corrected chi connectivity index (χ1v) is 15.7. The van der Waals surface area contributed by atoms with Crippen LogP contribution < -0.4 is 0 Å². The lowest BCUT2D eigenvalue weighted by atomic mass is 9.39. The fourth-order valence-corrected chi connectivity index (χ4v) is 9.61. The molecule has 0 heterocycles. The van der Waals surface area contributed by atoms with Crippen molar-refractivity contribution >= 4 is 5.57 Å². The Labute approximate surface area is 251 Å². The molecule has 2 unspecified atom stereocenters. The Morgan fingerprint density at radius 1 is 1.10 bits per heavy atom. The first-order valence-electron chi connectivity index (χ1n) is 15.7. The van der Waals surface area contributed by atoms with Crippen LogP contribution in [0.5, 0.6) is 0 Å². The molecule has 41 heavy (non-hydrogen) atoms. The Bertz CT molecular complexity index is 1320. The number of ether oxygens (including phenoxy) is 2. The first kappa shape index (κ1) is 31.6. The van der Waals surface area contributed by atoms with E-state index in [0.717, 1.165) is 31.4 Å². The largest absolute Gasteiger partial charge is 0.496 e. The van der Waals surface area contributed by atoms with Crippen molar-refractivity contribution in [3.8, 4) is 0 Å². The molecule has 0 N–H and O–H groups in total. The molecule has 224 valence electrons. The normalized spacial score (nSPS) is 31.1. The monoisotopic (exact) mass is 556 g/mol. The van der Waals surface area contributed by atoms with Crippen molar-refractivity contribution in [3.05, 3.63) is 88.3 Å². The van der Waals surface area contributed by atoms with Crippen LogP contribution in [-0.4, -0.2) is 20.3 Å². The molecule has 1 aromatic rings. The van der Waals surface area contributed by atoms with Crippen molar-refractivity contribution in [3.63, 3.8) is 0 Å². The molecular formula is C39H56O2. The van der Waals surface area contributed by atoms with Crippen LogP contribution in [0.3, 0.4) is 0 Å². The molecule has 0 saturated heterocycles.